The van der Waals surface area contributed by atoms with Crippen LogP contribution in [0, 0.1) is 5.82 Å². The second-order valence-corrected chi connectivity index (χ2v) is 5.49. The maximum absolute atomic E-state index is 13.6. The molecule has 0 aliphatic carbocycles. The molecule has 22 heavy (non-hydrogen) atoms. The smallest absolute Gasteiger partial charge is 0.409 e. The van der Waals surface area contributed by atoms with Gasteiger partial charge in [-0.1, -0.05) is 6.07 Å². The summed E-state index contributed by atoms with van der Waals surface area (Å²) in [7, 11) is 0. The Morgan fingerprint density at radius 2 is 2.09 bits per heavy atom. The highest BCUT2D eigenvalue weighted by Gasteiger charge is 2.37. The second kappa shape index (κ2) is 7.07. The van der Waals surface area contributed by atoms with Crippen molar-refractivity contribution in [1.29, 1.82) is 0 Å². The topological polar surface area (TPSA) is 70.0 Å². The van der Waals surface area contributed by atoms with Gasteiger partial charge in [-0.2, -0.15) is 0 Å². The Kier molecular flexibility index (Phi) is 5.37. The van der Waals surface area contributed by atoms with Crippen molar-refractivity contribution in [3.8, 4) is 0 Å². The Balaban J connectivity index is 2.16. The molecule has 1 fully saturated rings. The zero-order valence-corrected chi connectivity index (χ0v) is 12.7. The molecule has 1 aliphatic heterocycles. The number of amides is 1. The van der Waals surface area contributed by atoms with Gasteiger partial charge in [-0.05, 0) is 49.4 Å². The number of carbonyl (C=O) groups excluding carboxylic acids is 1. The summed E-state index contributed by atoms with van der Waals surface area (Å²) in [6.45, 7) is 2.69. The molecule has 5 nitrogen and oxygen atoms in total. The van der Waals surface area contributed by atoms with E-state index in [-0.39, 0.29) is 12.7 Å². The largest absolute Gasteiger partial charge is 0.450 e. The number of benzene rings is 1. The minimum absolute atomic E-state index is 0.0658. The van der Waals surface area contributed by atoms with Crippen LogP contribution in [0.3, 0.4) is 0 Å². The minimum Gasteiger partial charge on any atom is -0.450 e. The van der Waals surface area contributed by atoms with E-state index in [1.54, 1.807) is 17.9 Å². The highest BCUT2D eigenvalue weighted by Crippen LogP contribution is 2.35. The van der Waals surface area contributed by atoms with Gasteiger partial charge in [-0.25, -0.2) is 9.18 Å². The molecule has 1 saturated heterocycles. The fourth-order valence-corrected chi connectivity index (χ4v) is 2.86. The average molecular weight is 311 g/mol. The molecule has 1 heterocycles. The van der Waals surface area contributed by atoms with E-state index in [9.17, 15) is 14.3 Å². The van der Waals surface area contributed by atoms with Crippen molar-refractivity contribution in [3.05, 3.63) is 35.1 Å². The quantitative estimate of drug-likeness (QED) is 0.889. The molecule has 2 rings (SSSR count). The van der Waals surface area contributed by atoms with Crippen molar-refractivity contribution in [3.63, 3.8) is 0 Å². The van der Waals surface area contributed by atoms with Crippen molar-refractivity contribution in [2.45, 2.75) is 31.8 Å². The molecule has 0 saturated carbocycles. The SMILES string of the molecule is CCOC(=O)N1CCC(O)(c2cc(F)ccc2CCO)CC1. The molecular weight excluding hydrogens is 289 g/mol. The summed E-state index contributed by atoms with van der Waals surface area (Å²) < 4.78 is 18.5. The number of ether oxygens (including phenoxy) is 1. The molecule has 0 aromatic heterocycles. The molecule has 0 radical (unpaired) electrons. The van der Waals surface area contributed by atoms with Crippen LogP contribution in [-0.4, -0.2) is 47.5 Å². The summed E-state index contributed by atoms with van der Waals surface area (Å²) in [6.07, 6.45) is 0.598. The normalized spacial score (nSPS) is 17.4. The number of aliphatic hydroxyl groups excluding tert-OH is 1. The van der Waals surface area contributed by atoms with Crippen molar-refractivity contribution in [1.82, 2.24) is 4.90 Å². The van der Waals surface area contributed by atoms with Gasteiger partial charge in [0, 0.05) is 19.7 Å². The van der Waals surface area contributed by atoms with Crippen molar-refractivity contribution in [2.24, 2.45) is 0 Å². The maximum Gasteiger partial charge on any atom is 0.409 e. The summed E-state index contributed by atoms with van der Waals surface area (Å²) >= 11 is 0. The van der Waals surface area contributed by atoms with Crippen LogP contribution in [0.5, 0.6) is 0 Å². The van der Waals surface area contributed by atoms with Gasteiger partial charge in [0.15, 0.2) is 0 Å². The molecule has 2 N–H and O–H groups in total. The van der Waals surface area contributed by atoms with Gasteiger partial charge in [0.1, 0.15) is 5.82 Å². The van der Waals surface area contributed by atoms with Gasteiger partial charge in [-0.3, -0.25) is 0 Å². The van der Waals surface area contributed by atoms with Crippen LogP contribution in [-0.2, 0) is 16.8 Å². The van der Waals surface area contributed by atoms with Crippen LogP contribution < -0.4 is 0 Å². The lowest BCUT2D eigenvalue weighted by molar-refractivity contribution is -0.0253. The summed E-state index contributed by atoms with van der Waals surface area (Å²) in [5.41, 5.74) is 0.0522. The predicted octanol–water partition coefficient (Wildman–Crippen LogP) is 1.80. The summed E-state index contributed by atoms with van der Waals surface area (Å²) in [4.78, 5) is 13.2. The summed E-state index contributed by atoms with van der Waals surface area (Å²) in [5.74, 6) is -0.419. The Hall–Kier alpha value is -1.66. The molecule has 0 bridgehead atoms. The molecule has 1 aromatic rings. The van der Waals surface area contributed by atoms with Crippen LogP contribution in [0.2, 0.25) is 0 Å². The standard InChI is InChI=1S/C16H22FNO4/c1-2-22-15(20)18-8-6-16(21,7-9-18)14-11-13(17)4-3-12(14)5-10-19/h3-4,11,19,21H,2,5-10H2,1H3. The first-order valence-corrected chi connectivity index (χ1v) is 7.54. The van der Waals surface area contributed by atoms with Gasteiger partial charge in [0.2, 0.25) is 0 Å². The van der Waals surface area contributed by atoms with E-state index in [0.29, 0.717) is 44.5 Å². The fourth-order valence-electron chi connectivity index (χ4n) is 2.86. The molecular formula is C16H22FNO4. The van der Waals surface area contributed by atoms with Gasteiger partial charge in [0.05, 0.1) is 12.2 Å². The number of hydrogen-bond acceptors (Lipinski definition) is 4. The number of hydrogen-bond donors (Lipinski definition) is 2. The number of halogens is 1. The van der Waals surface area contributed by atoms with Crippen LogP contribution in [0.4, 0.5) is 9.18 Å². The van der Waals surface area contributed by atoms with E-state index in [0.717, 1.165) is 5.56 Å². The highest BCUT2D eigenvalue weighted by atomic mass is 19.1. The van der Waals surface area contributed by atoms with Crippen LogP contribution in [0.1, 0.15) is 30.9 Å². The van der Waals surface area contributed by atoms with Crippen molar-refractivity contribution < 1.29 is 24.1 Å². The number of piperidine rings is 1. The van der Waals surface area contributed by atoms with Crippen molar-refractivity contribution in [2.75, 3.05) is 26.3 Å². The molecule has 122 valence electrons. The lowest BCUT2D eigenvalue weighted by atomic mass is 9.81. The molecule has 1 aliphatic rings. The van der Waals surface area contributed by atoms with E-state index in [4.69, 9.17) is 9.84 Å². The second-order valence-electron chi connectivity index (χ2n) is 5.49. The van der Waals surface area contributed by atoms with Gasteiger partial charge >= 0.3 is 6.09 Å². The molecule has 1 amide bonds. The van der Waals surface area contributed by atoms with E-state index in [1.807, 2.05) is 0 Å². The van der Waals surface area contributed by atoms with E-state index in [1.165, 1.54) is 12.1 Å². The molecule has 6 heteroatoms. The Bertz CT molecular complexity index is 527. The summed E-state index contributed by atoms with van der Waals surface area (Å²) in [6, 6.07) is 4.24. The number of nitrogens with zero attached hydrogens (tertiary/aromatic N) is 1. The first-order chi connectivity index (χ1) is 10.5. The Morgan fingerprint density at radius 1 is 1.41 bits per heavy atom. The third-order valence-electron chi connectivity index (χ3n) is 4.07. The molecule has 1 aromatic carbocycles. The number of aliphatic hydroxyl groups is 2. The van der Waals surface area contributed by atoms with E-state index in [2.05, 4.69) is 0 Å². The third kappa shape index (κ3) is 3.56. The third-order valence-corrected chi connectivity index (χ3v) is 4.07. The van der Waals surface area contributed by atoms with Crippen LogP contribution >= 0.6 is 0 Å². The molecule has 0 spiro atoms. The van der Waals surface area contributed by atoms with Gasteiger partial charge < -0.3 is 19.8 Å². The lowest BCUT2D eigenvalue weighted by Crippen LogP contribution is -2.45. The first-order valence-electron chi connectivity index (χ1n) is 7.54. The highest BCUT2D eigenvalue weighted by molar-refractivity contribution is 5.67. The maximum atomic E-state index is 13.6. The van der Waals surface area contributed by atoms with Gasteiger partial charge in [0.25, 0.3) is 0 Å². The van der Waals surface area contributed by atoms with Crippen LogP contribution in [0.15, 0.2) is 18.2 Å². The fraction of sp³-hybridized carbons (Fsp3) is 0.562. The first kappa shape index (κ1) is 16.7. The number of carbonyl (C=O) groups is 1. The molecule has 0 unspecified atom stereocenters. The summed E-state index contributed by atoms with van der Waals surface area (Å²) in [5, 5.41) is 20.0. The monoisotopic (exact) mass is 311 g/mol. The zero-order valence-electron chi connectivity index (χ0n) is 12.7. The van der Waals surface area contributed by atoms with Crippen molar-refractivity contribution >= 4 is 6.09 Å². The lowest BCUT2D eigenvalue weighted by Gasteiger charge is -2.39. The number of likely N-dealkylation sites (tertiary alicyclic amines) is 1. The predicted molar refractivity (Wildman–Crippen MR) is 78.9 cm³/mol. The minimum atomic E-state index is -1.18. The van der Waals surface area contributed by atoms with E-state index >= 15 is 0 Å². The Morgan fingerprint density at radius 3 is 2.68 bits per heavy atom. The Labute approximate surface area is 129 Å². The van der Waals surface area contributed by atoms with E-state index < -0.39 is 11.4 Å². The zero-order chi connectivity index (χ0) is 16.2. The van der Waals surface area contributed by atoms with Gasteiger partial charge in [-0.15, -0.1) is 0 Å². The average Bonchev–Trinajstić information content (AvgIpc) is 2.50. The number of rotatable bonds is 4. The molecule has 0 atom stereocenters. The van der Waals surface area contributed by atoms with Crippen LogP contribution in [0.25, 0.3) is 0 Å².